The van der Waals surface area contributed by atoms with Crippen molar-refractivity contribution >= 4 is 28.8 Å². The number of nitrogens with one attached hydrogen (secondary N) is 1. The Labute approximate surface area is 180 Å². The molecule has 0 unspecified atom stereocenters. The van der Waals surface area contributed by atoms with Crippen LogP contribution in [0.5, 0.6) is 5.75 Å². The predicted octanol–water partition coefficient (Wildman–Crippen LogP) is 5.76. The second-order valence-electron chi connectivity index (χ2n) is 7.64. The monoisotopic (exact) mass is 419 g/mol. The Morgan fingerprint density at radius 1 is 1.10 bits per heavy atom. The first kappa shape index (κ1) is 20.0. The standard InChI is InChI=1S/C24H22ClN3O2/c1-16-7-8-17(21-15-28-13-5-4-6-22(28)26-21)14-20(16)27-23(29)24(2,3)30-19-11-9-18(25)10-12-19/h4-15H,1-3H3,(H,27,29). The van der Waals surface area contributed by atoms with Gasteiger partial charge in [-0.3, -0.25) is 4.79 Å². The summed E-state index contributed by atoms with van der Waals surface area (Å²) in [4.78, 5) is 17.6. The second-order valence-corrected chi connectivity index (χ2v) is 8.08. The van der Waals surface area contributed by atoms with Gasteiger partial charge in [0.25, 0.3) is 5.91 Å². The summed E-state index contributed by atoms with van der Waals surface area (Å²) in [5.74, 6) is 0.336. The van der Waals surface area contributed by atoms with Gasteiger partial charge in [0.2, 0.25) is 0 Å². The molecule has 0 fully saturated rings. The van der Waals surface area contributed by atoms with Crippen LogP contribution in [0.3, 0.4) is 0 Å². The van der Waals surface area contributed by atoms with Crippen LogP contribution < -0.4 is 10.1 Å². The van der Waals surface area contributed by atoms with Gasteiger partial charge in [0.15, 0.2) is 5.60 Å². The SMILES string of the molecule is Cc1ccc(-c2cn3ccccc3n2)cc1NC(=O)C(C)(C)Oc1ccc(Cl)cc1. The van der Waals surface area contributed by atoms with Crippen molar-refractivity contribution in [1.29, 1.82) is 0 Å². The number of aryl methyl sites for hydroxylation is 1. The highest BCUT2D eigenvalue weighted by Crippen LogP contribution is 2.27. The molecule has 6 heteroatoms. The molecule has 0 bridgehead atoms. The Morgan fingerprint density at radius 2 is 1.87 bits per heavy atom. The van der Waals surface area contributed by atoms with E-state index in [2.05, 4.69) is 10.3 Å². The van der Waals surface area contributed by atoms with E-state index >= 15 is 0 Å². The fraction of sp³-hybridized carbons (Fsp3) is 0.167. The van der Waals surface area contributed by atoms with Crippen LogP contribution in [-0.4, -0.2) is 20.9 Å². The fourth-order valence-electron chi connectivity index (χ4n) is 3.11. The summed E-state index contributed by atoms with van der Waals surface area (Å²) in [6.07, 6.45) is 3.93. The minimum absolute atomic E-state index is 0.243. The summed E-state index contributed by atoms with van der Waals surface area (Å²) in [6, 6.07) is 18.7. The van der Waals surface area contributed by atoms with Crippen LogP contribution in [0, 0.1) is 6.92 Å². The molecule has 2 aromatic heterocycles. The number of hydrogen-bond acceptors (Lipinski definition) is 3. The van der Waals surface area contributed by atoms with Crippen molar-refractivity contribution in [3.8, 4) is 17.0 Å². The van der Waals surface area contributed by atoms with E-state index in [1.54, 1.807) is 38.1 Å². The number of benzene rings is 2. The van der Waals surface area contributed by atoms with Crippen LogP contribution in [0.4, 0.5) is 5.69 Å². The van der Waals surface area contributed by atoms with Crippen molar-refractivity contribution in [3.05, 3.63) is 83.6 Å². The summed E-state index contributed by atoms with van der Waals surface area (Å²) in [5, 5.41) is 3.62. The number of carbonyl (C=O) groups is 1. The molecule has 0 spiro atoms. The van der Waals surface area contributed by atoms with Crippen molar-refractivity contribution < 1.29 is 9.53 Å². The largest absolute Gasteiger partial charge is 0.478 e. The highest BCUT2D eigenvalue weighted by atomic mass is 35.5. The van der Waals surface area contributed by atoms with Gasteiger partial charge in [0.05, 0.1) is 5.69 Å². The first-order valence-corrected chi connectivity index (χ1v) is 10.0. The zero-order valence-electron chi connectivity index (χ0n) is 17.0. The minimum atomic E-state index is -1.07. The van der Waals surface area contributed by atoms with Crippen LogP contribution in [0.15, 0.2) is 73.1 Å². The lowest BCUT2D eigenvalue weighted by Gasteiger charge is -2.26. The Morgan fingerprint density at radius 3 is 2.60 bits per heavy atom. The highest BCUT2D eigenvalue weighted by molar-refractivity contribution is 6.30. The average molecular weight is 420 g/mol. The normalized spacial score (nSPS) is 11.5. The molecule has 0 aliphatic rings. The molecule has 0 aliphatic carbocycles. The summed E-state index contributed by atoms with van der Waals surface area (Å²) in [6.45, 7) is 5.42. The molecule has 0 saturated heterocycles. The van der Waals surface area contributed by atoms with Crippen LogP contribution in [0.25, 0.3) is 16.9 Å². The summed E-state index contributed by atoms with van der Waals surface area (Å²) in [7, 11) is 0. The highest BCUT2D eigenvalue weighted by Gasteiger charge is 2.30. The average Bonchev–Trinajstić information content (AvgIpc) is 3.15. The van der Waals surface area contributed by atoms with Crippen LogP contribution >= 0.6 is 11.6 Å². The number of hydrogen-bond donors (Lipinski definition) is 1. The number of carbonyl (C=O) groups excluding carboxylic acids is 1. The number of amides is 1. The molecule has 30 heavy (non-hydrogen) atoms. The van der Waals surface area contributed by atoms with Crippen LogP contribution in [0.1, 0.15) is 19.4 Å². The number of ether oxygens (including phenoxy) is 1. The number of aromatic nitrogens is 2. The molecule has 4 rings (SSSR count). The Hall–Kier alpha value is -3.31. The van der Waals surface area contributed by atoms with E-state index in [0.29, 0.717) is 10.8 Å². The fourth-order valence-corrected chi connectivity index (χ4v) is 3.23. The summed E-state index contributed by atoms with van der Waals surface area (Å²) in [5.41, 5.74) is 3.25. The number of fused-ring (bicyclic) bond motifs is 1. The minimum Gasteiger partial charge on any atom is -0.478 e. The van der Waals surface area contributed by atoms with E-state index < -0.39 is 5.60 Å². The van der Waals surface area contributed by atoms with Gasteiger partial charge in [-0.2, -0.15) is 0 Å². The van der Waals surface area contributed by atoms with Crippen LogP contribution in [0.2, 0.25) is 5.02 Å². The van der Waals surface area contributed by atoms with E-state index in [1.165, 1.54) is 0 Å². The molecule has 1 amide bonds. The maximum absolute atomic E-state index is 13.0. The number of pyridine rings is 1. The van der Waals surface area contributed by atoms with Gasteiger partial charge >= 0.3 is 0 Å². The molecule has 1 N–H and O–H groups in total. The second kappa shape index (κ2) is 7.84. The lowest BCUT2D eigenvalue weighted by molar-refractivity contribution is -0.128. The van der Waals surface area contributed by atoms with Gasteiger partial charge in [0, 0.05) is 28.7 Å². The smallest absolute Gasteiger partial charge is 0.267 e. The Kier molecular flexibility index (Phi) is 5.22. The number of nitrogens with zero attached hydrogens (tertiary/aromatic N) is 2. The third kappa shape index (κ3) is 4.16. The molecule has 5 nitrogen and oxygen atoms in total. The molecule has 2 aromatic carbocycles. The molecular formula is C24H22ClN3O2. The number of anilines is 1. The van der Waals surface area contributed by atoms with Crippen molar-refractivity contribution in [1.82, 2.24) is 9.38 Å². The third-order valence-electron chi connectivity index (χ3n) is 4.88. The molecule has 2 heterocycles. The number of rotatable bonds is 5. The Balaban J connectivity index is 1.56. The first-order chi connectivity index (χ1) is 14.3. The van der Waals surface area contributed by atoms with Gasteiger partial charge in [-0.25, -0.2) is 4.98 Å². The van der Waals surface area contributed by atoms with E-state index in [-0.39, 0.29) is 5.91 Å². The van der Waals surface area contributed by atoms with Gasteiger partial charge < -0.3 is 14.5 Å². The van der Waals surface area contributed by atoms with Gasteiger partial charge in [0.1, 0.15) is 11.4 Å². The maximum Gasteiger partial charge on any atom is 0.267 e. The Bertz CT molecular complexity index is 1180. The number of halogens is 1. The van der Waals surface area contributed by atoms with Gasteiger partial charge in [-0.15, -0.1) is 0 Å². The molecule has 0 aliphatic heterocycles. The zero-order valence-corrected chi connectivity index (χ0v) is 17.8. The molecule has 0 radical (unpaired) electrons. The topological polar surface area (TPSA) is 55.6 Å². The van der Waals surface area contributed by atoms with Crippen LogP contribution in [-0.2, 0) is 4.79 Å². The maximum atomic E-state index is 13.0. The van der Waals surface area contributed by atoms with E-state index in [1.807, 2.05) is 60.1 Å². The van der Waals surface area contributed by atoms with Crippen molar-refractivity contribution in [2.24, 2.45) is 0 Å². The molecule has 0 saturated carbocycles. The number of imidazole rings is 1. The van der Waals surface area contributed by atoms with Gasteiger partial charge in [-0.1, -0.05) is 29.8 Å². The molecule has 152 valence electrons. The summed E-state index contributed by atoms with van der Waals surface area (Å²) < 4.78 is 7.87. The zero-order chi connectivity index (χ0) is 21.3. The first-order valence-electron chi connectivity index (χ1n) is 9.63. The predicted molar refractivity (Wildman–Crippen MR) is 120 cm³/mol. The lowest BCUT2D eigenvalue weighted by atomic mass is 10.1. The van der Waals surface area contributed by atoms with E-state index in [4.69, 9.17) is 16.3 Å². The lowest BCUT2D eigenvalue weighted by Crippen LogP contribution is -2.42. The molecule has 4 aromatic rings. The van der Waals surface area contributed by atoms with E-state index in [9.17, 15) is 4.79 Å². The quantitative estimate of drug-likeness (QED) is 0.447. The summed E-state index contributed by atoms with van der Waals surface area (Å²) >= 11 is 5.92. The molecule has 0 atom stereocenters. The van der Waals surface area contributed by atoms with Gasteiger partial charge in [-0.05, 0) is 68.8 Å². The van der Waals surface area contributed by atoms with Crippen molar-refractivity contribution in [2.75, 3.05) is 5.32 Å². The van der Waals surface area contributed by atoms with E-state index in [0.717, 1.165) is 28.2 Å². The van der Waals surface area contributed by atoms with Crippen molar-refractivity contribution in [3.63, 3.8) is 0 Å². The molecular weight excluding hydrogens is 398 g/mol. The third-order valence-corrected chi connectivity index (χ3v) is 5.13. The van der Waals surface area contributed by atoms with Crippen molar-refractivity contribution in [2.45, 2.75) is 26.4 Å².